The van der Waals surface area contributed by atoms with Crippen LogP contribution in [-0.4, -0.2) is 79.1 Å². The van der Waals surface area contributed by atoms with Crippen LogP contribution in [0.4, 0.5) is 0 Å². The van der Waals surface area contributed by atoms with Gasteiger partial charge in [0.25, 0.3) is 0 Å². The normalized spacial score (nSPS) is 19.3. The predicted octanol–water partition coefficient (Wildman–Crippen LogP) is 1.61. The Morgan fingerprint density at radius 3 is 2.53 bits per heavy atom. The van der Waals surface area contributed by atoms with E-state index in [4.69, 9.17) is 0 Å². The molecule has 2 fully saturated rings. The van der Waals surface area contributed by atoms with Crippen LogP contribution < -0.4 is 10.6 Å². The molecule has 30 heavy (non-hydrogen) atoms. The summed E-state index contributed by atoms with van der Waals surface area (Å²) in [6, 6.07) is 9.72. The predicted molar refractivity (Wildman–Crippen MR) is 120 cm³/mol. The third kappa shape index (κ3) is 6.71. The Morgan fingerprint density at radius 2 is 1.90 bits per heavy atom. The molecule has 1 heterocycles. The van der Waals surface area contributed by atoms with Crippen molar-refractivity contribution in [1.29, 1.82) is 0 Å². The number of nitrogens with one attached hydrogen (secondary N) is 2. The minimum atomic E-state index is -0.489. The molecule has 1 amide bonds. The van der Waals surface area contributed by atoms with Crippen molar-refractivity contribution in [1.82, 2.24) is 20.4 Å². The average Bonchev–Trinajstić information content (AvgIpc) is 2.73. The molecule has 1 aromatic rings. The molecule has 1 aromatic carbocycles. The molecule has 166 valence electrons. The van der Waals surface area contributed by atoms with E-state index >= 15 is 0 Å². The zero-order valence-corrected chi connectivity index (χ0v) is 18.2. The van der Waals surface area contributed by atoms with Gasteiger partial charge >= 0.3 is 0 Å². The minimum absolute atomic E-state index is 0.303. The number of aliphatic hydroxyl groups is 1. The standard InChI is InChI=1S/C23H37N5O2/c1-2-24-23(25-12-11-21(29)19-7-4-3-5-8-19)26-13-14-27-15-17-28(18-16-27)22(30)20-9-6-10-20/h3-5,7-8,20-21,29H,2,6,9-18H2,1H3,(H2,24,25,26). The lowest BCUT2D eigenvalue weighted by Crippen LogP contribution is -2.52. The molecule has 0 aromatic heterocycles. The summed E-state index contributed by atoms with van der Waals surface area (Å²) in [4.78, 5) is 21.4. The molecule has 1 aliphatic carbocycles. The first-order valence-corrected chi connectivity index (χ1v) is 11.4. The Morgan fingerprint density at radius 1 is 1.17 bits per heavy atom. The van der Waals surface area contributed by atoms with Crippen LogP contribution in [0.5, 0.6) is 0 Å². The van der Waals surface area contributed by atoms with Crippen molar-refractivity contribution in [2.24, 2.45) is 10.9 Å². The third-order valence-corrected chi connectivity index (χ3v) is 6.06. The number of aliphatic imine (C=N–C) groups is 1. The molecular weight excluding hydrogens is 378 g/mol. The van der Waals surface area contributed by atoms with Crippen molar-refractivity contribution in [3.63, 3.8) is 0 Å². The monoisotopic (exact) mass is 415 g/mol. The van der Waals surface area contributed by atoms with Gasteiger partial charge in [-0.3, -0.25) is 14.7 Å². The Labute approximate surface area is 180 Å². The number of guanidine groups is 1. The Balaban J connectivity index is 1.34. The van der Waals surface area contributed by atoms with Crippen molar-refractivity contribution in [3.8, 4) is 0 Å². The Bertz CT molecular complexity index is 669. The summed E-state index contributed by atoms with van der Waals surface area (Å²) < 4.78 is 0. The molecular formula is C23H37N5O2. The lowest BCUT2D eigenvalue weighted by molar-refractivity contribution is -0.139. The average molecular weight is 416 g/mol. The number of hydrogen-bond donors (Lipinski definition) is 3. The molecule has 1 unspecified atom stereocenters. The maximum atomic E-state index is 12.4. The smallest absolute Gasteiger partial charge is 0.225 e. The molecule has 0 spiro atoms. The molecule has 3 N–H and O–H groups in total. The molecule has 7 nitrogen and oxygen atoms in total. The van der Waals surface area contributed by atoms with E-state index in [9.17, 15) is 9.90 Å². The summed E-state index contributed by atoms with van der Waals surface area (Å²) in [5, 5.41) is 16.9. The van der Waals surface area contributed by atoms with Crippen molar-refractivity contribution in [2.75, 3.05) is 52.4 Å². The highest BCUT2D eigenvalue weighted by atomic mass is 16.3. The van der Waals surface area contributed by atoms with E-state index in [0.717, 1.165) is 70.2 Å². The lowest BCUT2D eigenvalue weighted by atomic mass is 9.84. The first-order valence-electron chi connectivity index (χ1n) is 11.4. The van der Waals surface area contributed by atoms with Crippen LogP contribution in [0.25, 0.3) is 0 Å². The second-order valence-corrected chi connectivity index (χ2v) is 8.20. The summed E-state index contributed by atoms with van der Waals surface area (Å²) in [7, 11) is 0. The highest BCUT2D eigenvalue weighted by Gasteiger charge is 2.30. The van der Waals surface area contributed by atoms with Crippen LogP contribution in [0.2, 0.25) is 0 Å². The summed E-state index contributed by atoms with van der Waals surface area (Å²) in [5.41, 5.74) is 0.931. The Kier molecular flexibility index (Phi) is 8.96. The quantitative estimate of drug-likeness (QED) is 0.422. The van der Waals surface area contributed by atoms with Gasteiger partial charge in [-0.2, -0.15) is 0 Å². The maximum absolute atomic E-state index is 12.4. The van der Waals surface area contributed by atoms with E-state index in [0.29, 0.717) is 24.8 Å². The molecule has 1 aliphatic heterocycles. The largest absolute Gasteiger partial charge is 0.388 e. The van der Waals surface area contributed by atoms with E-state index in [1.165, 1.54) is 6.42 Å². The van der Waals surface area contributed by atoms with Gasteiger partial charge in [0.2, 0.25) is 5.91 Å². The molecule has 1 saturated carbocycles. The fraction of sp³-hybridized carbons (Fsp3) is 0.652. The minimum Gasteiger partial charge on any atom is -0.388 e. The number of carbonyl (C=O) groups is 1. The highest BCUT2D eigenvalue weighted by molar-refractivity contribution is 5.80. The first-order chi connectivity index (χ1) is 14.7. The van der Waals surface area contributed by atoms with Crippen LogP contribution >= 0.6 is 0 Å². The van der Waals surface area contributed by atoms with Crippen LogP contribution in [-0.2, 0) is 4.79 Å². The van der Waals surface area contributed by atoms with Crippen LogP contribution in [0, 0.1) is 5.92 Å². The van der Waals surface area contributed by atoms with E-state index < -0.39 is 6.10 Å². The van der Waals surface area contributed by atoms with Crippen molar-refractivity contribution >= 4 is 11.9 Å². The topological polar surface area (TPSA) is 80.2 Å². The van der Waals surface area contributed by atoms with Gasteiger partial charge in [0, 0.05) is 58.3 Å². The Hall–Kier alpha value is -2.12. The van der Waals surface area contributed by atoms with Crippen LogP contribution in [0.3, 0.4) is 0 Å². The fourth-order valence-electron chi connectivity index (χ4n) is 3.92. The zero-order chi connectivity index (χ0) is 21.2. The maximum Gasteiger partial charge on any atom is 0.225 e. The van der Waals surface area contributed by atoms with E-state index in [-0.39, 0.29) is 0 Å². The molecule has 7 heteroatoms. The van der Waals surface area contributed by atoms with Gasteiger partial charge in [0.1, 0.15) is 0 Å². The van der Waals surface area contributed by atoms with E-state index in [2.05, 4.69) is 25.4 Å². The SMILES string of the molecule is CCNC(=NCCC(O)c1ccccc1)NCCN1CCN(C(=O)C2CCC2)CC1. The van der Waals surface area contributed by atoms with Crippen molar-refractivity contribution in [3.05, 3.63) is 35.9 Å². The van der Waals surface area contributed by atoms with Gasteiger partial charge < -0.3 is 20.6 Å². The number of amides is 1. The fourth-order valence-corrected chi connectivity index (χ4v) is 3.92. The van der Waals surface area contributed by atoms with Gasteiger partial charge in [0.05, 0.1) is 6.10 Å². The summed E-state index contributed by atoms with van der Waals surface area (Å²) >= 11 is 0. The van der Waals surface area contributed by atoms with Crippen molar-refractivity contribution < 1.29 is 9.90 Å². The number of carbonyl (C=O) groups excluding carboxylic acids is 1. The van der Waals surface area contributed by atoms with Gasteiger partial charge in [-0.05, 0) is 31.7 Å². The number of hydrogen-bond acceptors (Lipinski definition) is 4. The highest BCUT2D eigenvalue weighted by Crippen LogP contribution is 2.28. The van der Waals surface area contributed by atoms with Gasteiger partial charge in [-0.25, -0.2) is 0 Å². The number of aliphatic hydroxyl groups excluding tert-OH is 1. The van der Waals surface area contributed by atoms with E-state index in [1.807, 2.05) is 37.3 Å². The molecule has 1 saturated heterocycles. The summed E-state index contributed by atoms with van der Waals surface area (Å²) in [6.07, 6.45) is 3.48. The second-order valence-electron chi connectivity index (χ2n) is 8.20. The summed E-state index contributed by atoms with van der Waals surface area (Å²) in [5.74, 6) is 1.47. The second kappa shape index (κ2) is 11.9. The van der Waals surface area contributed by atoms with Crippen LogP contribution in [0.15, 0.2) is 35.3 Å². The van der Waals surface area contributed by atoms with Gasteiger partial charge in [-0.1, -0.05) is 36.8 Å². The van der Waals surface area contributed by atoms with Gasteiger partial charge in [0.15, 0.2) is 5.96 Å². The lowest BCUT2D eigenvalue weighted by Gasteiger charge is -2.38. The third-order valence-electron chi connectivity index (χ3n) is 6.06. The van der Waals surface area contributed by atoms with Gasteiger partial charge in [-0.15, -0.1) is 0 Å². The number of piperazine rings is 1. The number of rotatable bonds is 9. The molecule has 3 rings (SSSR count). The molecule has 0 radical (unpaired) electrons. The number of benzene rings is 1. The molecule has 1 atom stereocenters. The number of nitrogens with zero attached hydrogens (tertiary/aromatic N) is 3. The zero-order valence-electron chi connectivity index (χ0n) is 18.2. The van der Waals surface area contributed by atoms with Crippen molar-refractivity contribution in [2.45, 2.75) is 38.7 Å². The molecule has 0 bridgehead atoms. The van der Waals surface area contributed by atoms with Crippen LogP contribution in [0.1, 0.15) is 44.3 Å². The van der Waals surface area contributed by atoms with E-state index in [1.54, 1.807) is 0 Å². The first kappa shape index (κ1) is 22.6. The summed E-state index contributed by atoms with van der Waals surface area (Å²) in [6.45, 7) is 8.73. The molecule has 2 aliphatic rings.